The van der Waals surface area contributed by atoms with Crippen molar-refractivity contribution in [3.63, 3.8) is 0 Å². The molecule has 0 aliphatic rings. The minimum Gasteiger partial charge on any atom is -0.251 e. The molecule has 0 saturated heterocycles. The summed E-state index contributed by atoms with van der Waals surface area (Å²) in [6, 6.07) is 49.4. The summed E-state index contributed by atoms with van der Waals surface area (Å²) in [5.41, 5.74) is 9.69. The van der Waals surface area contributed by atoms with Gasteiger partial charge >= 0.3 is 0 Å². The van der Waals surface area contributed by atoms with Crippen molar-refractivity contribution in [3.8, 4) is 56.5 Å². The summed E-state index contributed by atoms with van der Waals surface area (Å²) in [5, 5.41) is 2.14. The minimum atomic E-state index is 0.612. The minimum absolute atomic E-state index is 0.612. The molecule has 3 heterocycles. The second kappa shape index (κ2) is 11.2. The number of rotatable bonds is 5. The smallest absolute Gasteiger partial charge is 0.164 e. The third-order valence-electron chi connectivity index (χ3n) is 7.97. The number of aryl methyl sites for hydroxylation is 1. The van der Waals surface area contributed by atoms with Gasteiger partial charge in [0.25, 0.3) is 0 Å². The average Bonchev–Trinajstić information content (AvgIpc) is 3.12. The molecule has 8 rings (SSSR count). The number of nitrogens with zero attached hydrogens (tertiary/aromatic N) is 5. The van der Waals surface area contributed by atoms with Gasteiger partial charge in [0.2, 0.25) is 0 Å². The highest BCUT2D eigenvalue weighted by molar-refractivity contribution is 6.08. The van der Waals surface area contributed by atoms with Gasteiger partial charge in [0.1, 0.15) is 0 Å². The Labute approximate surface area is 261 Å². The van der Waals surface area contributed by atoms with Crippen LogP contribution >= 0.6 is 0 Å². The summed E-state index contributed by atoms with van der Waals surface area (Å²) in [6.07, 6.45) is 0. The fourth-order valence-electron chi connectivity index (χ4n) is 5.77. The molecule has 5 heteroatoms. The van der Waals surface area contributed by atoms with E-state index in [2.05, 4.69) is 66.7 Å². The molecule has 212 valence electrons. The maximum atomic E-state index is 5.20. The molecule has 5 nitrogen and oxygen atoms in total. The molecule has 0 saturated carbocycles. The lowest BCUT2D eigenvalue weighted by Crippen LogP contribution is -2.00. The van der Waals surface area contributed by atoms with Gasteiger partial charge in [-0.05, 0) is 36.2 Å². The maximum absolute atomic E-state index is 5.20. The normalized spacial score (nSPS) is 11.2. The van der Waals surface area contributed by atoms with E-state index in [9.17, 15) is 0 Å². The van der Waals surface area contributed by atoms with Gasteiger partial charge < -0.3 is 0 Å². The lowest BCUT2D eigenvalue weighted by atomic mass is 9.98. The topological polar surface area (TPSA) is 64.5 Å². The molecule has 45 heavy (non-hydrogen) atoms. The van der Waals surface area contributed by atoms with E-state index in [0.717, 1.165) is 61.0 Å². The summed E-state index contributed by atoms with van der Waals surface area (Å²) in [4.78, 5) is 24.9. The number of aromatic nitrogens is 5. The molecule has 5 aromatic carbocycles. The van der Waals surface area contributed by atoms with Crippen molar-refractivity contribution in [1.29, 1.82) is 0 Å². The van der Waals surface area contributed by atoms with Crippen molar-refractivity contribution in [3.05, 3.63) is 151 Å². The molecular formula is C40H27N5. The maximum Gasteiger partial charge on any atom is 0.164 e. The van der Waals surface area contributed by atoms with Crippen LogP contribution in [-0.2, 0) is 0 Å². The third kappa shape index (κ3) is 5.11. The average molecular weight is 578 g/mol. The van der Waals surface area contributed by atoms with Crippen LogP contribution in [0.15, 0.2) is 146 Å². The van der Waals surface area contributed by atoms with E-state index in [0.29, 0.717) is 17.5 Å². The van der Waals surface area contributed by atoms with Crippen molar-refractivity contribution in [1.82, 2.24) is 24.9 Å². The summed E-state index contributed by atoms with van der Waals surface area (Å²) >= 11 is 0. The molecule has 0 N–H and O–H groups in total. The Morgan fingerprint density at radius 3 is 1.56 bits per heavy atom. The highest BCUT2D eigenvalue weighted by Gasteiger charge is 2.15. The van der Waals surface area contributed by atoms with E-state index >= 15 is 0 Å². The van der Waals surface area contributed by atoms with Crippen LogP contribution in [0, 0.1) is 6.92 Å². The second-order valence-electron chi connectivity index (χ2n) is 11.0. The van der Waals surface area contributed by atoms with Crippen molar-refractivity contribution < 1.29 is 0 Å². The predicted octanol–water partition coefficient (Wildman–Crippen LogP) is 9.61. The predicted molar refractivity (Wildman–Crippen MR) is 182 cm³/mol. The first kappa shape index (κ1) is 26.5. The Balaban J connectivity index is 1.26. The molecule has 0 aliphatic carbocycles. The monoisotopic (exact) mass is 577 g/mol. The summed E-state index contributed by atoms with van der Waals surface area (Å²) < 4.78 is 0. The highest BCUT2D eigenvalue weighted by Crippen LogP contribution is 2.34. The standard InChI is InChI=1S/C40H27N5/c1-26-24-34(27-12-5-2-6-13-27)33-22-20-28-21-23-35(42-36(28)37(33)41-26)31-18-11-19-32(25-31)40-44-38(29-14-7-3-8-15-29)43-39(45-40)30-16-9-4-10-17-30/h2-25H,1H3. The highest BCUT2D eigenvalue weighted by atomic mass is 15.0. The number of fused-ring (bicyclic) bond motifs is 3. The van der Waals surface area contributed by atoms with Crippen molar-refractivity contribution in [2.24, 2.45) is 0 Å². The van der Waals surface area contributed by atoms with Crippen LogP contribution in [0.4, 0.5) is 0 Å². The van der Waals surface area contributed by atoms with Gasteiger partial charge in [-0.1, -0.05) is 127 Å². The van der Waals surface area contributed by atoms with Crippen LogP contribution in [0.25, 0.3) is 78.4 Å². The van der Waals surface area contributed by atoms with Gasteiger partial charge in [-0.2, -0.15) is 0 Å². The van der Waals surface area contributed by atoms with Gasteiger partial charge in [0.05, 0.1) is 16.7 Å². The zero-order valence-corrected chi connectivity index (χ0v) is 24.6. The van der Waals surface area contributed by atoms with Crippen molar-refractivity contribution >= 4 is 21.8 Å². The Morgan fingerprint density at radius 2 is 0.911 bits per heavy atom. The lowest BCUT2D eigenvalue weighted by Gasteiger charge is -2.12. The fraction of sp³-hybridized carbons (Fsp3) is 0.0250. The van der Waals surface area contributed by atoms with E-state index < -0.39 is 0 Å². The first-order valence-electron chi connectivity index (χ1n) is 14.9. The SMILES string of the molecule is Cc1cc(-c2ccccc2)c2ccc3ccc(-c4cccc(-c5nc(-c6ccccc6)nc(-c6ccccc6)n5)c4)nc3c2n1. The van der Waals surface area contributed by atoms with Crippen LogP contribution in [0.5, 0.6) is 0 Å². The molecule has 0 atom stereocenters. The first-order valence-corrected chi connectivity index (χ1v) is 14.9. The van der Waals surface area contributed by atoms with E-state index in [-0.39, 0.29) is 0 Å². The second-order valence-corrected chi connectivity index (χ2v) is 11.0. The first-order chi connectivity index (χ1) is 22.2. The van der Waals surface area contributed by atoms with E-state index in [1.54, 1.807) is 0 Å². The van der Waals surface area contributed by atoms with E-state index in [1.807, 2.05) is 85.8 Å². The van der Waals surface area contributed by atoms with Crippen molar-refractivity contribution in [2.75, 3.05) is 0 Å². The number of pyridine rings is 2. The Kier molecular flexibility index (Phi) is 6.61. The lowest BCUT2D eigenvalue weighted by molar-refractivity contribution is 1.07. The van der Waals surface area contributed by atoms with Gasteiger partial charge in [0, 0.05) is 38.7 Å². The van der Waals surface area contributed by atoms with Crippen LogP contribution in [0.2, 0.25) is 0 Å². The molecule has 3 aromatic heterocycles. The molecule has 0 unspecified atom stereocenters. The Bertz CT molecular complexity index is 2260. The van der Waals surface area contributed by atoms with E-state index in [4.69, 9.17) is 24.9 Å². The Hall–Kier alpha value is -6.07. The number of hydrogen-bond acceptors (Lipinski definition) is 5. The van der Waals surface area contributed by atoms with E-state index in [1.165, 1.54) is 5.56 Å². The zero-order chi connectivity index (χ0) is 30.2. The quantitative estimate of drug-likeness (QED) is 0.191. The molecule has 0 bridgehead atoms. The molecule has 0 amide bonds. The number of benzene rings is 5. The zero-order valence-electron chi connectivity index (χ0n) is 24.6. The third-order valence-corrected chi connectivity index (χ3v) is 7.97. The largest absolute Gasteiger partial charge is 0.251 e. The van der Waals surface area contributed by atoms with Crippen LogP contribution in [0.1, 0.15) is 5.69 Å². The van der Waals surface area contributed by atoms with Crippen LogP contribution in [0.3, 0.4) is 0 Å². The molecule has 0 radical (unpaired) electrons. The summed E-state index contributed by atoms with van der Waals surface area (Å²) in [5.74, 6) is 1.88. The van der Waals surface area contributed by atoms with Crippen molar-refractivity contribution in [2.45, 2.75) is 6.92 Å². The van der Waals surface area contributed by atoms with Crippen LogP contribution in [-0.4, -0.2) is 24.9 Å². The van der Waals surface area contributed by atoms with Gasteiger partial charge in [-0.3, -0.25) is 4.98 Å². The molecule has 8 aromatic rings. The molecule has 0 fully saturated rings. The fourth-order valence-corrected chi connectivity index (χ4v) is 5.77. The summed E-state index contributed by atoms with van der Waals surface area (Å²) in [6.45, 7) is 2.04. The molecule has 0 spiro atoms. The van der Waals surface area contributed by atoms with Crippen LogP contribution < -0.4 is 0 Å². The molecular weight excluding hydrogens is 550 g/mol. The number of hydrogen-bond donors (Lipinski definition) is 0. The van der Waals surface area contributed by atoms with Gasteiger partial charge in [0.15, 0.2) is 17.5 Å². The van der Waals surface area contributed by atoms with Gasteiger partial charge in [-0.15, -0.1) is 0 Å². The Morgan fingerprint density at radius 1 is 0.378 bits per heavy atom. The summed E-state index contributed by atoms with van der Waals surface area (Å²) in [7, 11) is 0. The van der Waals surface area contributed by atoms with Gasteiger partial charge in [-0.25, -0.2) is 19.9 Å². The molecule has 0 aliphatic heterocycles.